The topological polar surface area (TPSA) is 50.8 Å². The average Bonchev–Trinajstić information content (AvgIpc) is 3.54. The van der Waals surface area contributed by atoms with Gasteiger partial charge in [-0.2, -0.15) is 0 Å². The van der Waals surface area contributed by atoms with Gasteiger partial charge in [-0.15, -0.1) is 0 Å². The van der Waals surface area contributed by atoms with E-state index in [1.54, 1.807) is 0 Å². The maximum absolute atomic E-state index is 12.9. The van der Waals surface area contributed by atoms with E-state index >= 15 is 0 Å². The average molecular weight is 401 g/mol. The van der Waals surface area contributed by atoms with Crippen LogP contribution in [0.1, 0.15) is 50.5 Å². The lowest BCUT2D eigenvalue weighted by Gasteiger charge is -2.47. The first-order chi connectivity index (χ1) is 14.1. The molecule has 0 radical (unpaired) electrons. The number of carbonyl (C=O) groups excluding carboxylic acids is 1. The van der Waals surface area contributed by atoms with Gasteiger partial charge in [0.05, 0.1) is 12.0 Å². The van der Waals surface area contributed by atoms with E-state index in [0.29, 0.717) is 6.61 Å². The highest BCUT2D eigenvalue weighted by Gasteiger charge is 2.48. The third-order valence-electron chi connectivity index (χ3n) is 7.19. The number of esters is 1. The molecule has 1 heterocycles. The van der Waals surface area contributed by atoms with Crippen LogP contribution in [0, 0.1) is 10.8 Å². The van der Waals surface area contributed by atoms with Gasteiger partial charge in [-0.1, -0.05) is 36.8 Å². The second kappa shape index (κ2) is 9.15. The summed E-state index contributed by atoms with van der Waals surface area (Å²) in [6.45, 7) is 5.20. The van der Waals surface area contributed by atoms with Crippen molar-refractivity contribution in [1.29, 1.82) is 0 Å². The number of methoxy groups -OCH3 is 1. The Morgan fingerprint density at radius 3 is 2.45 bits per heavy atom. The van der Waals surface area contributed by atoms with Gasteiger partial charge in [-0.05, 0) is 57.2 Å². The summed E-state index contributed by atoms with van der Waals surface area (Å²) in [5.41, 5.74) is 1.01. The predicted octanol–water partition coefficient (Wildman–Crippen LogP) is 3.38. The van der Waals surface area contributed by atoms with Gasteiger partial charge in [0, 0.05) is 31.7 Å². The van der Waals surface area contributed by atoms with E-state index in [-0.39, 0.29) is 16.8 Å². The molecular weight excluding hydrogens is 364 g/mol. The maximum atomic E-state index is 12.9. The number of hydrogen-bond donors (Lipinski definition) is 1. The van der Waals surface area contributed by atoms with E-state index in [9.17, 15) is 4.79 Å². The van der Waals surface area contributed by atoms with Crippen molar-refractivity contribution < 1.29 is 14.3 Å². The number of carbonyl (C=O) groups is 1. The molecule has 4 rings (SSSR count). The fraction of sp³-hybridized carbons (Fsp3) is 0.708. The molecule has 0 amide bonds. The van der Waals surface area contributed by atoms with Crippen molar-refractivity contribution in [2.45, 2.75) is 57.6 Å². The number of nitrogens with one attached hydrogen (secondary N) is 1. The first-order valence-corrected chi connectivity index (χ1v) is 11.3. The van der Waals surface area contributed by atoms with Crippen LogP contribution in [-0.4, -0.2) is 56.8 Å². The number of likely N-dealkylation sites (tertiary alicyclic amines) is 1. The third kappa shape index (κ3) is 5.19. The van der Waals surface area contributed by atoms with Crippen LogP contribution in [0.25, 0.3) is 0 Å². The van der Waals surface area contributed by atoms with E-state index in [4.69, 9.17) is 9.47 Å². The van der Waals surface area contributed by atoms with Crippen molar-refractivity contribution >= 4 is 5.97 Å². The monoisotopic (exact) mass is 400 g/mol. The summed E-state index contributed by atoms with van der Waals surface area (Å²) < 4.78 is 11.3. The maximum Gasteiger partial charge on any atom is 0.313 e. The normalized spacial score (nSPS) is 23.3. The molecule has 1 aromatic rings. The molecule has 1 saturated heterocycles. The van der Waals surface area contributed by atoms with Gasteiger partial charge in [0.15, 0.2) is 0 Å². The highest BCUT2D eigenvalue weighted by Crippen LogP contribution is 2.44. The molecule has 1 aliphatic heterocycles. The SMILES string of the molecule is COCC1(CNC2CC2)CCN(CC2(C(=O)OCc3ccccc3)CCC2)CC1. The van der Waals surface area contributed by atoms with Crippen LogP contribution in [0.4, 0.5) is 0 Å². The Hall–Kier alpha value is -1.43. The molecule has 1 N–H and O–H groups in total. The molecule has 2 aliphatic carbocycles. The molecular formula is C24H36N2O3. The Labute approximate surface area is 175 Å². The molecule has 0 atom stereocenters. The Bertz CT molecular complexity index is 662. The fourth-order valence-corrected chi connectivity index (χ4v) is 4.85. The predicted molar refractivity (Wildman–Crippen MR) is 114 cm³/mol. The summed E-state index contributed by atoms with van der Waals surface area (Å²) in [7, 11) is 1.82. The van der Waals surface area contributed by atoms with E-state index in [1.807, 2.05) is 37.4 Å². The quantitative estimate of drug-likeness (QED) is 0.610. The lowest BCUT2D eigenvalue weighted by Crippen LogP contribution is -2.53. The molecule has 0 unspecified atom stereocenters. The molecule has 0 bridgehead atoms. The van der Waals surface area contributed by atoms with Crippen molar-refractivity contribution in [3.8, 4) is 0 Å². The van der Waals surface area contributed by atoms with Crippen molar-refractivity contribution in [1.82, 2.24) is 10.2 Å². The number of benzene rings is 1. The molecule has 3 fully saturated rings. The molecule has 160 valence electrons. The smallest absolute Gasteiger partial charge is 0.313 e. The fourth-order valence-electron chi connectivity index (χ4n) is 4.85. The minimum absolute atomic E-state index is 0.00303. The van der Waals surface area contributed by atoms with Crippen LogP contribution < -0.4 is 5.32 Å². The third-order valence-corrected chi connectivity index (χ3v) is 7.19. The van der Waals surface area contributed by atoms with E-state index < -0.39 is 0 Å². The first kappa shape index (κ1) is 20.8. The van der Waals surface area contributed by atoms with Gasteiger partial charge in [-0.3, -0.25) is 4.79 Å². The Balaban J connectivity index is 1.28. The Morgan fingerprint density at radius 1 is 1.14 bits per heavy atom. The van der Waals surface area contributed by atoms with Crippen molar-refractivity contribution in [2.24, 2.45) is 10.8 Å². The van der Waals surface area contributed by atoms with Gasteiger partial charge in [-0.25, -0.2) is 0 Å². The van der Waals surface area contributed by atoms with Gasteiger partial charge >= 0.3 is 5.97 Å². The zero-order valence-corrected chi connectivity index (χ0v) is 17.8. The largest absolute Gasteiger partial charge is 0.460 e. The van der Waals surface area contributed by atoms with E-state index in [1.165, 1.54) is 12.8 Å². The van der Waals surface area contributed by atoms with Gasteiger partial charge in [0.2, 0.25) is 0 Å². The van der Waals surface area contributed by atoms with Crippen molar-refractivity contribution in [3.05, 3.63) is 35.9 Å². The van der Waals surface area contributed by atoms with Gasteiger partial charge in [0.1, 0.15) is 6.61 Å². The zero-order valence-electron chi connectivity index (χ0n) is 17.8. The Kier molecular flexibility index (Phi) is 6.57. The summed E-state index contributed by atoms with van der Waals surface area (Å²) in [5, 5.41) is 3.72. The van der Waals surface area contributed by atoms with Crippen molar-refractivity contribution in [3.63, 3.8) is 0 Å². The van der Waals surface area contributed by atoms with Crippen LogP contribution in [-0.2, 0) is 20.9 Å². The highest BCUT2D eigenvalue weighted by molar-refractivity contribution is 5.78. The number of hydrogen-bond acceptors (Lipinski definition) is 5. The van der Waals surface area contributed by atoms with Crippen LogP contribution in [0.15, 0.2) is 30.3 Å². The van der Waals surface area contributed by atoms with Crippen LogP contribution in [0.5, 0.6) is 0 Å². The molecule has 5 heteroatoms. The van der Waals surface area contributed by atoms with Crippen LogP contribution in [0.3, 0.4) is 0 Å². The van der Waals surface area contributed by atoms with Crippen LogP contribution in [0.2, 0.25) is 0 Å². The number of rotatable bonds is 10. The lowest BCUT2D eigenvalue weighted by atomic mass is 9.67. The number of ether oxygens (including phenoxy) is 2. The standard InChI is InChI=1S/C24H36N2O3/c1-28-19-23(17-25-21-8-9-21)12-14-26(15-13-23)18-24(10-5-11-24)22(27)29-16-20-6-3-2-4-7-20/h2-4,6-7,21,25H,5,8-19H2,1H3. The summed E-state index contributed by atoms with van der Waals surface area (Å²) in [5.74, 6) is -0.00303. The summed E-state index contributed by atoms with van der Waals surface area (Å²) in [4.78, 5) is 15.4. The summed E-state index contributed by atoms with van der Waals surface area (Å²) in [6.07, 6.45) is 7.97. The molecule has 2 saturated carbocycles. The Morgan fingerprint density at radius 2 is 1.86 bits per heavy atom. The van der Waals surface area contributed by atoms with Crippen molar-refractivity contribution in [2.75, 3.05) is 39.9 Å². The van der Waals surface area contributed by atoms with E-state index in [2.05, 4.69) is 10.2 Å². The van der Waals surface area contributed by atoms with Gasteiger partial charge < -0.3 is 19.7 Å². The molecule has 0 spiro atoms. The minimum atomic E-state index is -0.289. The minimum Gasteiger partial charge on any atom is -0.460 e. The second-order valence-corrected chi connectivity index (χ2v) is 9.56. The number of nitrogens with zero attached hydrogens (tertiary/aromatic N) is 1. The van der Waals surface area contributed by atoms with Gasteiger partial charge in [0.25, 0.3) is 0 Å². The first-order valence-electron chi connectivity index (χ1n) is 11.3. The lowest BCUT2D eigenvalue weighted by molar-refractivity contribution is -0.165. The second-order valence-electron chi connectivity index (χ2n) is 9.56. The van der Waals surface area contributed by atoms with E-state index in [0.717, 1.165) is 76.5 Å². The molecule has 3 aliphatic rings. The molecule has 0 aromatic heterocycles. The van der Waals surface area contributed by atoms with Crippen LogP contribution >= 0.6 is 0 Å². The molecule has 1 aromatic carbocycles. The number of piperidine rings is 1. The zero-order chi connectivity index (χ0) is 20.2. The highest BCUT2D eigenvalue weighted by atomic mass is 16.5. The molecule has 5 nitrogen and oxygen atoms in total. The summed E-state index contributed by atoms with van der Waals surface area (Å²) in [6, 6.07) is 10.7. The summed E-state index contributed by atoms with van der Waals surface area (Å²) >= 11 is 0. The molecule has 29 heavy (non-hydrogen) atoms.